The molecule has 1 heterocycles. The minimum Gasteiger partial charge on any atom is -0.385 e. The zero-order valence-corrected chi connectivity index (χ0v) is 17.5. The molecule has 3 aromatic rings. The molecule has 1 amide bonds. The largest absolute Gasteiger partial charge is 0.385 e. The van der Waals surface area contributed by atoms with Crippen LogP contribution in [-0.2, 0) is 14.8 Å². The summed E-state index contributed by atoms with van der Waals surface area (Å²) in [7, 11) is -3.81. The number of anilines is 2. The van der Waals surface area contributed by atoms with Crippen LogP contribution in [0.25, 0.3) is 5.69 Å². The van der Waals surface area contributed by atoms with Gasteiger partial charge in [0.05, 0.1) is 10.1 Å². The summed E-state index contributed by atoms with van der Waals surface area (Å²) in [6.45, 7) is 1.66. The van der Waals surface area contributed by atoms with Crippen LogP contribution in [0.1, 0.15) is 6.92 Å². The Morgan fingerprint density at radius 3 is 2.37 bits per heavy atom. The lowest BCUT2D eigenvalue weighted by molar-refractivity contribution is -0.115. The number of hydrogen-bond acceptors (Lipinski definition) is 7. The highest BCUT2D eigenvalue weighted by molar-refractivity contribution is 8.00. The maximum absolute atomic E-state index is 12.6. The second-order valence-corrected chi connectivity index (χ2v) is 9.16. The molecule has 0 fully saturated rings. The molecule has 2 aromatic carbocycles. The van der Waals surface area contributed by atoms with Crippen LogP contribution in [0.4, 0.5) is 11.5 Å². The average Bonchev–Trinajstić information content (AvgIpc) is 2.68. The third-order valence-corrected chi connectivity index (χ3v) is 6.02. The van der Waals surface area contributed by atoms with Crippen molar-refractivity contribution < 1.29 is 13.2 Å². The standard InChI is InChI=1S/C19H19N5O4S2/c1-12(18(26)22-13-7-9-15(10-8-13)30(21,27)28)29-19-23-17(25)11-16(20)24(19)14-5-3-2-4-6-14/h2-12H,20H2,1H3,(H,22,26)(H2,21,27,28)/t12-/m1/s1. The minimum absolute atomic E-state index is 0.0567. The molecule has 0 bridgehead atoms. The van der Waals surface area contributed by atoms with Gasteiger partial charge in [-0.1, -0.05) is 30.0 Å². The number of nitrogens with two attached hydrogens (primary N) is 2. The summed E-state index contributed by atoms with van der Waals surface area (Å²) in [4.78, 5) is 28.4. The van der Waals surface area contributed by atoms with Gasteiger partial charge in [-0.05, 0) is 43.3 Å². The van der Waals surface area contributed by atoms with Crippen LogP contribution in [0, 0.1) is 0 Å². The van der Waals surface area contributed by atoms with Crippen LogP contribution in [0.5, 0.6) is 0 Å². The number of carbonyl (C=O) groups excluding carboxylic acids is 1. The highest BCUT2D eigenvalue weighted by atomic mass is 32.2. The Hall–Kier alpha value is -3.15. The third kappa shape index (κ3) is 5.06. The van der Waals surface area contributed by atoms with Gasteiger partial charge in [-0.2, -0.15) is 4.98 Å². The molecule has 1 atom stereocenters. The third-order valence-electron chi connectivity index (χ3n) is 4.04. The zero-order valence-electron chi connectivity index (χ0n) is 15.8. The first-order chi connectivity index (χ1) is 14.1. The van der Waals surface area contributed by atoms with Gasteiger partial charge in [0.15, 0.2) is 5.16 Å². The first kappa shape index (κ1) is 21.6. The van der Waals surface area contributed by atoms with E-state index in [0.29, 0.717) is 11.4 Å². The molecule has 156 valence electrons. The highest BCUT2D eigenvalue weighted by Gasteiger charge is 2.20. The van der Waals surface area contributed by atoms with Crippen molar-refractivity contribution in [3.63, 3.8) is 0 Å². The molecule has 11 heteroatoms. The lowest BCUT2D eigenvalue weighted by Crippen LogP contribution is -2.24. The Bertz CT molecular complexity index is 1230. The van der Waals surface area contributed by atoms with Crippen molar-refractivity contribution in [3.8, 4) is 5.69 Å². The smallest absolute Gasteiger partial charge is 0.275 e. The minimum atomic E-state index is -3.81. The molecule has 0 saturated heterocycles. The number of thioether (sulfide) groups is 1. The Morgan fingerprint density at radius 1 is 1.13 bits per heavy atom. The molecule has 30 heavy (non-hydrogen) atoms. The number of aromatic nitrogens is 2. The van der Waals surface area contributed by atoms with Crippen LogP contribution in [0.2, 0.25) is 0 Å². The van der Waals surface area contributed by atoms with E-state index in [1.165, 1.54) is 30.3 Å². The van der Waals surface area contributed by atoms with Gasteiger partial charge in [0.2, 0.25) is 15.9 Å². The highest BCUT2D eigenvalue weighted by Crippen LogP contribution is 2.26. The van der Waals surface area contributed by atoms with Crippen LogP contribution < -0.4 is 21.7 Å². The number of rotatable bonds is 6. The predicted octanol–water partition coefficient (Wildman–Crippen LogP) is 1.58. The molecule has 0 radical (unpaired) electrons. The number of nitrogens with one attached hydrogen (secondary N) is 1. The second-order valence-electron chi connectivity index (χ2n) is 6.29. The summed E-state index contributed by atoms with van der Waals surface area (Å²) in [5.41, 5.74) is 6.63. The molecular formula is C19H19N5O4S2. The lowest BCUT2D eigenvalue weighted by atomic mass is 10.3. The lowest BCUT2D eigenvalue weighted by Gasteiger charge is -2.17. The van der Waals surface area contributed by atoms with E-state index < -0.39 is 20.8 Å². The topological polar surface area (TPSA) is 150 Å². The number of benzene rings is 2. The quantitative estimate of drug-likeness (QED) is 0.385. The number of nitrogens with zero attached hydrogens (tertiary/aromatic N) is 2. The van der Waals surface area contributed by atoms with Gasteiger partial charge < -0.3 is 11.1 Å². The summed E-state index contributed by atoms with van der Waals surface area (Å²) in [5.74, 6) is -0.158. The van der Waals surface area contributed by atoms with Gasteiger partial charge in [-0.25, -0.2) is 13.6 Å². The molecule has 0 aliphatic rings. The fourth-order valence-corrected chi connectivity index (χ4v) is 4.03. The van der Waals surface area contributed by atoms with E-state index in [4.69, 9.17) is 10.9 Å². The van der Waals surface area contributed by atoms with E-state index in [0.717, 1.165) is 11.8 Å². The van der Waals surface area contributed by atoms with Crippen molar-refractivity contribution in [2.24, 2.45) is 5.14 Å². The van der Waals surface area contributed by atoms with Crippen molar-refractivity contribution in [3.05, 3.63) is 71.0 Å². The number of para-hydroxylation sites is 1. The van der Waals surface area contributed by atoms with Crippen LogP contribution >= 0.6 is 11.8 Å². The van der Waals surface area contributed by atoms with Crippen molar-refractivity contribution >= 4 is 39.2 Å². The van der Waals surface area contributed by atoms with Crippen molar-refractivity contribution in [2.45, 2.75) is 22.2 Å². The van der Waals surface area contributed by atoms with E-state index in [-0.39, 0.29) is 21.8 Å². The maximum atomic E-state index is 12.6. The molecule has 0 saturated carbocycles. The van der Waals surface area contributed by atoms with E-state index in [9.17, 15) is 18.0 Å². The number of sulfonamides is 1. The molecular weight excluding hydrogens is 426 g/mol. The molecule has 3 rings (SSSR count). The zero-order chi connectivity index (χ0) is 21.9. The number of primary sulfonamides is 1. The monoisotopic (exact) mass is 445 g/mol. The van der Waals surface area contributed by atoms with Gasteiger partial charge in [-0.3, -0.25) is 14.2 Å². The summed E-state index contributed by atoms with van der Waals surface area (Å²) < 4.78 is 24.2. The summed E-state index contributed by atoms with van der Waals surface area (Å²) in [6.07, 6.45) is 0. The fourth-order valence-electron chi connectivity index (χ4n) is 2.58. The van der Waals surface area contributed by atoms with E-state index >= 15 is 0 Å². The number of nitrogen functional groups attached to an aromatic ring is 1. The number of amides is 1. The normalized spacial score (nSPS) is 12.3. The van der Waals surface area contributed by atoms with Crippen LogP contribution in [0.3, 0.4) is 0 Å². The molecule has 0 spiro atoms. The average molecular weight is 446 g/mol. The van der Waals surface area contributed by atoms with Gasteiger partial charge in [-0.15, -0.1) is 0 Å². The fraction of sp³-hybridized carbons (Fsp3) is 0.105. The van der Waals surface area contributed by atoms with Gasteiger partial charge in [0.25, 0.3) is 5.56 Å². The van der Waals surface area contributed by atoms with Crippen molar-refractivity contribution in [2.75, 3.05) is 11.1 Å². The molecule has 0 aliphatic carbocycles. The van der Waals surface area contributed by atoms with Crippen LogP contribution in [-0.4, -0.2) is 29.1 Å². The molecule has 1 aromatic heterocycles. The van der Waals surface area contributed by atoms with Crippen molar-refractivity contribution in [1.29, 1.82) is 0 Å². The van der Waals surface area contributed by atoms with E-state index in [2.05, 4.69) is 10.3 Å². The summed E-state index contributed by atoms with van der Waals surface area (Å²) in [6, 6.07) is 15.8. The van der Waals surface area contributed by atoms with E-state index in [1.807, 2.05) is 30.3 Å². The van der Waals surface area contributed by atoms with Gasteiger partial charge in [0, 0.05) is 17.4 Å². The van der Waals surface area contributed by atoms with Crippen LogP contribution in [0.15, 0.2) is 75.5 Å². The molecule has 9 nitrogen and oxygen atoms in total. The number of hydrogen-bond donors (Lipinski definition) is 3. The van der Waals surface area contributed by atoms with Gasteiger partial charge >= 0.3 is 0 Å². The predicted molar refractivity (Wildman–Crippen MR) is 116 cm³/mol. The number of carbonyl (C=O) groups is 1. The molecule has 5 N–H and O–H groups in total. The molecule has 0 unspecified atom stereocenters. The Labute approximate surface area is 177 Å². The Morgan fingerprint density at radius 2 is 1.77 bits per heavy atom. The molecule has 0 aliphatic heterocycles. The first-order valence-electron chi connectivity index (χ1n) is 8.70. The summed E-state index contributed by atoms with van der Waals surface area (Å²) in [5, 5.41) is 7.40. The SMILES string of the molecule is C[C@@H](Sc1nc(=O)cc(N)n1-c1ccccc1)C(=O)Nc1ccc(S(N)(=O)=O)cc1. The second kappa shape index (κ2) is 8.69. The Balaban J connectivity index is 1.81. The maximum Gasteiger partial charge on any atom is 0.275 e. The van der Waals surface area contributed by atoms with Crippen molar-refractivity contribution in [1.82, 2.24) is 9.55 Å². The Kier molecular flexibility index (Phi) is 6.25. The van der Waals surface area contributed by atoms with Gasteiger partial charge in [0.1, 0.15) is 5.82 Å². The summed E-state index contributed by atoms with van der Waals surface area (Å²) >= 11 is 1.07. The first-order valence-corrected chi connectivity index (χ1v) is 11.1. The van der Waals surface area contributed by atoms with E-state index in [1.54, 1.807) is 11.5 Å².